The van der Waals surface area contributed by atoms with Gasteiger partial charge in [-0.2, -0.15) is 13.2 Å². The fourth-order valence-corrected chi connectivity index (χ4v) is 2.64. The van der Waals surface area contributed by atoms with Crippen molar-refractivity contribution in [2.75, 3.05) is 19.0 Å². The Hall–Kier alpha value is -3.16. The van der Waals surface area contributed by atoms with E-state index >= 15 is 0 Å². The SMILES string of the molecule is CCOc1cc(-c2ccc(OC)cc2)[o+]c2c(NC(=O)C(F)(F)F)cccc12.[O-][Cl+3]([O-])([O-])[O-]. The molecule has 3 rings (SSSR count). The Labute approximate surface area is 187 Å². The lowest BCUT2D eigenvalue weighted by Crippen LogP contribution is -2.68. The first-order valence-electron chi connectivity index (χ1n) is 9.00. The summed E-state index contributed by atoms with van der Waals surface area (Å²) >= 11 is 0. The number of fused-ring (bicyclic) bond motifs is 1. The minimum Gasteiger partial charge on any atom is -0.497 e. The van der Waals surface area contributed by atoms with Gasteiger partial charge in [-0.1, -0.05) is 6.07 Å². The molecule has 0 atom stereocenters. The Kier molecular flexibility index (Phi) is 8.41. The van der Waals surface area contributed by atoms with Crippen molar-refractivity contribution in [1.29, 1.82) is 0 Å². The zero-order chi connectivity index (χ0) is 24.8. The summed E-state index contributed by atoms with van der Waals surface area (Å²) in [7, 11) is -3.40. The van der Waals surface area contributed by atoms with E-state index in [1.807, 2.05) is 5.32 Å². The molecule has 1 heterocycles. The molecule has 0 aliphatic carbocycles. The van der Waals surface area contributed by atoms with Crippen LogP contribution in [0.25, 0.3) is 22.3 Å². The molecule has 1 aromatic heterocycles. The van der Waals surface area contributed by atoms with Gasteiger partial charge in [-0.25, -0.2) is 23.1 Å². The average molecular weight is 492 g/mol. The van der Waals surface area contributed by atoms with E-state index in [2.05, 4.69) is 0 Å². The van der Waals surface area contributed by atoms with Crippen LogP contribution in [-0.4, -0.2) is 25.8 Å². The molecule has 0 unspecified atom stereocenters. The zero-order valence-corrected chi connectivity index (χ0v) is 17.9. The molecule has 9 nitrogen and oxygen atoms in total. The summed E-state index contributed by atoms with van der Waals surface area (Å²) in [5.41, 5.74) is 0.647. The summed E-state index contributed by atoms with van der Waals surface area (Å²) in [6.45, 7) is 2.14. The number of halogens is 4. The molecule has 33 heavy (non-hydrogen) atoms. The fourth-order valence-electron chi connectivity index (χ4n) is 2.64. The molecule has 13 heteroatoms. The van der Waals surface area contributed by atoms with Crippen molar-refractivity contribution in [3.63, 3.8) is 0 Å². The third-order valence-corrected chi connectivity index (χ3v) is 3.93. The van der Waals surface area contributed by atoms with Crippen molar-refractivity contribution in [3.05, 3.63) is 48.5 Å². The molecule has 0 aliphatic heterocycles. The van der Waals surface area contributed by atoms with Crippen LogP contribution in [-0.2, 0) is 4.79 Å². The standard InChI is InChI=1S/C20H16F3NO4.ClHO4/c1-3-27-17-11-16(12-7-9-13(26-2)10-8-12)28-18-14(17)5-4-6-15(18)24-19(25)20(21,22)23;2-1(3,4)5/h4-11H,3H2,1-2H3;(H,2,3,4,5). The number of para-hydroxylation sites is 1. The van der Waals surface area contributed by atoms with Gasteiger partial charge in [0.2, 0.25) is 0 Å². The second-order valence-corrected chi connectivity index (χ2v) is 6.90. The zero-order valence-electron chi connectivity index (χ0n) is 17.1. The van der Waals surface area contributed by atoms with Crippen LogP contribution in [0.4, 0.5) is 18.9 Å². The maximum atomic E-state index is 12.7. The van der Waals surface area contributed by atoms with E-state index in [4.69, 9.17) is 32.5 Å². The van der Waals surface area contributed by atoms with Crippen molar-refractivity contribution in [1.82, 2.24) is 0 Å². The molecule has 0 spiro atoms. The highest BCUT2D eigenvalue weighted by molar-refractivity contribution is 6.03. The van der Waals surface area contributed by atoms with Crippen LogP contribution in [0.2, 0.25) is 0 Å². The predicted octanol–water partition coefficient (Wildman–Crippen LogP) is 0.533. The Morgan fingerprint density at radius 2 is 1.70 bits per heavy atom. The van der Waals surface area contributed by atoms with Gasteiger partial charge in [-0.05, 0) is 43.3 Å². The number of rotatable bonds is 5. The van der Waals surface area contributed by atoms with Crippen molar-refractivity contribution in [2.24, 2.45) is 0 Å². The Balaban J connectivity index is 0.000000696. The van der Waals surface area contributed by atoms with Crippen molar-refractivity contribution in [2.45, 2.75) is 13.1 Å². The van der Waals surface area contributed by atoms with E-state index in [0.717, 1.165) is 0 Å². The average Bonchev–Trinajstić information content (AvgIpc) is 2.72. The third kappa shape index (κ3) is 7.73. The second-order valence-electron chi connectivity index (χ2n) is 6.15. The fraction of sp³-hybridized carbons (Fsp3) is 0.200. The number of benzene rings is 2. The van der Waals surface area contributed by atoms with Crippen molar-refractivity contribution >= 4 is 22.6 Å². The summed E-state index contributed by atoms with van der Waals surface area (Å²) in [4.78, 5) is 11.4. The Morgan fingerprint density at radius 1 is 1.09 bits per heavy atom. The minimum atomic E-state index is -5.02. The van der Waals surface area contributed by atoms with Gasteiger partial charge in [0.05, 0.1) is 25.3 Å². The Morgan fingerprint density at radius 3 is 2.21 bits per heavy atom. The first kappa shape index (κ1) is 26.1. The van der Waals surface area contributed by atoms with E-state index in [0.29, 0.717) is 34.8 Å². The highest BCUT2D eigenvalue weighted by Crippen LogP contribution is 2.37. The van der Waals surface area contributed by atoms with Crippen LogP contribution in [0, 0.1) is 10.2 Å². The summed E-state index contributed by atoms with van der Waals surface area (Å²) in [6, 6.07) is 13.1. The quantitative estimate of drug-likeness (QED) is 0.508. The number of hydrogen-bond acceptors (Lipinski definition) is 7. The largest absolute Gasteiger partial charge is 0.497 e. The molecule has 0 saturated heterocycles. The molecule has 0 aliphatic rings. The van der Waals surface area contributed by atoms with Crippen LogP contribution in [0.15, 0.2) is 52.9 Å². The number of methoxy groups -OCH3 is 1. The number of alkyl halides is 3. The molecule has 1 N–H and O–H groups in total. The molecule has 0 saturated carbocycles. The van der Waals surface area contributed by atoms with Crippen LogP contribution in [0.3, 0.4) is 0 Å². The van der Waals surface area contributed by atoms with Crippen LogP contribution in [0.1, 0.15) is 6.92 Å². The van der Waals surface area contributed by atoms with Crippen LogP contribution >= 0.6 is 0 Å². The summed E-state index contributed by atoms with van der Waals surface area (Å²) in [5.74, 6) is -0.638. The van der Waals surface area contributed by atoms with E-state index < -0.39 is 22.3 Å². The van der Waals surface area contributed by atoms with E-state index in [1.54, 1.807) is 43.3 Å². The molecular weight excluding hydrogens is 475 g/mol. The summed E-state index contributed by atoms with van der Waals surface area (Å²) in [5, 5.41) is 2.30. The highest BCUT2D eigenvalue weighted by Gasteiger charge is 2.39. The Bertz CT molecular complexity index is 1100. The minimum absolute atomic E-state index is 0.0804. The molecule has 1 amide bonds. The molecule has 178 valence electrons. The monoisotopic (exact) mass is 491 g/mol. The number of amides is 1. The molecule has 0 fully saturated rings. The molecule has 3 aromatic rings. The van der Waals surface area contributed by atoms with E-state index in [1.165, 1.54) is 19.2 Å². The predicted molar refractivity (Wildman–Crippen MR) is 98.5 cm³/mol. The number of ether oxygens (including phenoxy) is 2. The number of anilines is 1. The summed E-state index contributed by atoms with van der Waals surface area (Å²) in [6.07, 6.45) is -5.02. The topological polar surface area (TPSA) is 151 Å². The van der Waals surface area contributed by atoms with Gasteiger partial charge in [0.25, 0.3) is 0 Å². The lowest BCUT2D eigenvalue weighted by molar-refractivity contribution is -2.00. The third-order valence-electron chi connectivity index (χ3n) is 3.93. The highest BCUT2D eigenvalue weighted by atomic mass is 35.7. The number of hydrogen-bond donors (Lipinski definition) is 1. The number of carbonyl (C=O) groups is 1. The smallest absolute Gasteiger partial charge is 0.471 e. The van der Waals surface area contributed by atoms with Gasteiger partial charge in [0.1, 0.15) is 22.6 Å². The normalized spacial score (nSPS) is 11.4. The van der Waals surface area contributed by atoms with Gasteiger partial charge in [-0.3, -0.25) is 4.79 Å². The maximum Gasteiger partial charge on any atom is 0.471 e. The van der Waals surface area contributed by atoms with Gasteiger partial charge < -0.3 is 14.8 Å². The van der Waals surface area contributed by atoms with Crippen molar-refractivity contribution < 1.29 is 60.7 Å². The van der Waals surface area contributed by atoms with Crippen LogP contribution < -0.4 is 33.4 Å². The van der Waals surface area contributed by atoms with Crippen molar-refractivity contribution in [3.8, 4) is 22.8 Å². The maximum absolute atomic E-state index is 12.7. The van der Waals surface area contributed by atoms with Gasteiger partial charge in [0, 0.05) is 0 Å². The summed E-state index contributed by atoms with van der Waals surface area (Å²) < 4.78 is 88.6. The molecule has 0 radical (unpaired) electrons. The number of nitrogens with one attached hydrogen (secondary N) is 1. The van der Waals surface area contributed by atoms with Gasteiger partial charge in [-0.15, -0.1) is 10.2 Å². The first-order chi connectivity index (χ1) is 15.3. The lowest BCUT2D eigenvalue weighted by atomic mass is 10.1. The van der Waals surface area contributed by atoms with E-state index in [-0.39, 0.29) is 11.3 Å². The second kappa shape index (κ2) is 10.6. The molecule has 2 aromatic carbocycles. The lowest BCUT2D eigenvalue weighted by Gasteiger charge is -2.17. The van der Waals surface area contributed by atoms with Gasteiger partial charge in [0.15, 0.2) is 0 Å². The number of carbonyl (C=O) groups excluding carboxylic acids is 1. The molecule has 0 bridgehead atoms. The van der Waals surface area contributed by atoms with Gasteiger partial charge >= 0.3 is 23.4 Å². The van der Waals surface area contributed by atoms with Crippen LogP contribution in [0.5, 0.6) is 11.5 Å². The molecular formula is C20H17ClF3NO8. The van der Waals surface area contributed by atoms with E-state index in [9.17, 15) is 18.0 Å². The first-order valence-corrected chi connectivity index (χ1v) is 10.2.